The van der Waals surface area contributed by atoms with Gasteiger partial charge in [-0.05, 0) is 48.8 Å². The quantitative estimate of drug-likeness (QED) is 0.831. The zero-order valence-electron chi connectivity index (χ0n) is 9.91. The van der Waals surface area contributed by atoms with Crippen LogP contribution in [-0.2, 0) is 6.42 Å². The second kappa shape index (κ2) is 4.92. The fourth-order valence-electron chi connectivity index (χ4n) is 1.48. The molecule has 0 aliphatic heterocycles. The summed E-state index contributed by atoms with van der Waals surface area (Å²) in [4.78, 5) is 2.08. The topological polar surface area (TPSA) is 67.1 Å². The molecule has 0 bridgehead atoms. The molecule has 0 aliphatic carbocycles. The summed E-state index contributed by atoms with van der Waals surface area (Å²) in [5, 5.41) is 20.9. The monoisotopic (exact) mass is 233 g/mol. The lowest BCUT2D eigenvalue weighted by atomic mass is 10.3. The fourth-order valence-corrected chi connectivity index (χ4v) is 1.48. The molecule has 1 aromatic heterocycles. The minimum Gasteiger partial charge on any atom is -0.508 e. The Morgan fingerprint density at radius 3 is 2.59 bits per heavy atom. The zero-order valence-corrected chi connectivity index (χ0v) is 9.91. The number of aromatic nitrogens is 4. The zero-order chi connectivity index (χ0) is 12.3. The number of phenolic OH excluding ortho intramolecular Hbond substituents is 1. The van der Waals surface area contributed by atoms with Crippen molar-refractivity contribution in [2.45, 2.75) is 6.42 Å². The van der Waals surface area contributed by atoms with Crippen LogP contribution in [0.25, 0.3) is 5.69 Å². The van der Waals surface area contributed by atoms with Crippen molar-refractivity contribution in [1.82, 2.24) is 25.1 Å². The molecule has 1 N–H and O–H groups in total. The van der Waals surface area contributed by atoms with Gasteiger partial charge in [0.05, 0.1) is 5.69 Å². The first-order valence-electron chi connectivity index (χ1n) is 5.38. The summed E-state index contributed by atoms with van der Waals surface area (Å²) in [7, 11) is 4.02. The van der Waals surface area contributed by atoms with E-state index in [1.165, 1.54) is 0 Å². The van der Waals surface area contributed by atoms with E-state index in [9.17, 15) is 5.11 Å². The number of phenols is 1. The lowest BCUT2D eigenvalue weighted by molar-refractivity contribution is 0.407. The molecule has 6 heteroatoms. The first-order chi connectivity index (χ1) is 8.16. The molecule has 1 heterocycles. The number of hydrogen-bond donors (Lipinski definition) is 1. The van der Waals surface area contributed by atoms with Crippen molar-refractivity contribution in [1.29, 1.82) is 0 Å². The molecule has 6 nitrogen and oxygen atoms in total. The number of rotatable bonds is 4. The van der Waals surface area contributed by atoms with Crippen LogP contribution >= 0.6 is 0 Å². The van der Waals surface area contributed by atoms with Crippen LogP contribution in [0.15, 0.2) is 24.3 Å². The van der Waals surface area contributed by atoms with Crippen LogP contribution in [0.4, 0.5) is 0 Å². The average Bonchev–Trinajstić information content (AvgIpc) is 2.75. The highest BCUT2D eigenvalue weighted by Gasteiger charge is 2.08. The number of tetrazole rings is 1. The highest BCUT2D eigenvalue weighted by molar-refractivity contribution is 5.36. The molecule has 0 fully saturated rings. The molecule has 1 aromatic carbocycles. The Morgan fingerprint density at radius 1 is 1.24 bits per heavy atom. The van der Waals surface area contributed by atoms with E-state index in [1.54, 1.807) is 28.9 Å². The molecule has 0 saturated carbocycles. The third-order valence-corrected chi connectivity index (χ3v) is 2.41. The average molecular weight is 233 g/mol. The van der Waals surface area contributed by atoms with Crippen molar-refractivity contribution in [3.05, 3.63) is 30.1 Å². The molecule has 90 valence electrons. The maximum atomic E-state index is 9.23. The summed E-state index contributed by atoms with van der Waals surface area (Å²) >= 11 is 0. The van der Waals surface area contributed by atoms with Crippen LogP contribution in [0.5, 0.6) is 5.75 Å². The maximum Gasteiger partial charge on any atom is 0.157 e. The van der Waals surface area contributed by atoms with E-state index in [0.717, 1.165) is 24.5 Å². The summed E-state index contributed by atoms with van der Waals surface area (Å²) < 4.78 is 1.68. The summed E-state index contributed by atoms with van der Waals surface area (Å²) in [5.74, 6) is 1.04. The summed E-state index contributed by atoms with van der Waals surface area (Å²) in [6.07, 6.45) is 0.779. The Morgan fingerprint density at radius 2 is 1.94 bits per heavy atom. The van der Waals surface area contributed by atoms with E-state index in [0.29, 0.717) is 0 Å². The Balaban J connectivity index is 2.21. The second-order valence-corrected chi connectivity index (χ2v) is 4.08. The predicted octanol–water partition coefficient (Wildman–Crippen LogP) is 0.472. The van der Waals surface area contributed by atoms with E-state index in [-0.39, 0.29) is 5.75 Å². The standard InChI is InChI=1S/C11H15N5O/c1-15(2)8-7-11-12-13-14-16(11)9-3-5-10(17)6-4-9/h3-6,17H,7-8H2,1-2H3. The van der Waals surface area contributed by atoms with E-state index >= 15 is 0 Å². The van der Waals surface area contributed by atoms with Crippen LogP contribution in [0.2, 0.25) is 0 Å². The van der Waals surface area contributed by atoms with E-state index < -0.39 is 0 Å². The van der Waals surface area contributed by atoms with Crippen molar-refractivity contribution in [2.75, 3.05) is 20.6 Å². The highest BCUT2D eigenvalue weighted by Crippen LogP contribution is 2.13. The number of benzene rings is 1. The lowest BCUT2D eigenvalue weighted by Crippen LogP contribution is -2.17. The van der Waals surface area contributed by atoms with Gasteiger partial charge in [-0.2, -0.15) is 4.68 Å². The molecule has 0 saturated heterocycles. The van der Waals surface area contributed by atoms with Crippen molar-refractivity contribution >= 4 is 0 Å². The largest absolute Gasteiger partial charge is 0.508 e. The first-order valence-corrected chi connectivity index (χ1v) is 5.38. The lowest BCUT2D eigenvalue weighted by Gasteiger charge is -2.09. The molecule has 0 aliphatic rings. The predicted molar refractivity (Wildman–Crippen MR) is 63.1 cm³/mol. The molecule has 17 heavy (non-hydrogen) atoms. The molecular weight excluding hydrogens is 218 g/mol. The Hall–Kier alpha value is -1.95. The second-order valence-electron chi connectivity index (χ2n) is 4.08. The van der Waals surface area contributed by atoms with Gasteiger partial charge in [0.15, 0.2) is 5.82 Å². The van der Waals surface area contributed by atoms with Gasteiger partial charge < -0.3 is 10.0 Å². The normalized spacial score (nSPS) is 11.0. The van der Waals surface area contributed by atoms with Gasteiger partial charge in [-0.15, -0.1) is 5.10 Å². The van der Waals surface area contributed by atoms with Gasteiger partial charge in [-0.25, -0.2) is 0 Å². The van der Waals surface area contributed by atoms with E-state index in [2.05, 4.69) is 20.4 Å². The number of aromatic hydroxyl groups is 1. The van der Waals surface area contributed by atoms with E-state index in [4.69, 9.17) is 0 Å². The van der Waals surface area contributed by atoms with Gasteiger partial charge in [0.2, 0.25) is 0 Å². The number of likely N-dealkylation sites (N-methyl/N-ethyl adjacent to an activating group) is 1. The maximum absolute atomic E-state index is 9.23. The summed E-state index contributed by atoms with van der Waals surface area (Å²) in [6, 6.07) is 6.80. The van der Waals surface area contributed by atoms with Crippen LogP contribution in [0.1, 0.15) is 5.82 Å². The Labute approximate surface area is 99.5 Å². The molecule has 0 amide bonds. The third-order valence-electron chi connectivity index (χ3n) is 2.41. The molecule has 0 unspecified atom stereocenters. The number of hydrogen-bond acceptors (Lipinski definition) is 5. The van der Waals surface area contributed by atoms with Crippen molar-refractivity contribution < 1.29 is 5.11 Å². The molecule has 0 atom stereocenters. The first kappa shape index (κ1) is 11.5. The Kier molecular flexibility index (Phi) is 3.34. The van der Waals surface area contributed by atoms with Gasteiger partial charge in [-0.1, -0.05) is 0 Å². The highest BCUT2D eigenvalue weighted by atomic mass is 16.3. The number of nitrogens with zero attached hydrogens (tertiary/aromatic N) is 5. The molecule has 0 spiro atoms. The SMILES string of the molecule is CN(C)CCc1nnnn1-c1ccc(O)cc1. The van der Waals surface area contributed by atoms with Crippen molar-refractivity contribution in [2.24, 2.45) is 0 Å². The Bertz CT molecular complexity index is 477. The van der Waals surface area contributed by atoms with Crippen LogP contribution < -0.4 is 0 Å². The van der Waals surface area contributed by atoms with Crippen molar-refractivity contribution in [3.63, 3.8) is 0 Å². The molecule has 0 radical (unpaired) electrons. The fraction of sp³-hybridized carbons (Fsp3) is 0.364. The van der Waals surface area contributed by atoms with Crippen LogP contribution in [0, 0.1) is 0 Å². The molecule has 2 rings (SSSR count). The van der Waals surface area contributed by atoms with Gasteiger partial charge in [0.25, 0.3) is 0 Å². The molecular formula is C11H15N5O. The van der Waals surface area contributed by atoms with Gasteiger partial charge >= 0.3 is 0 Å². The van der Waals surface area contributed by atoms with Crippen LogP contribution in [0.3, 0.4) is 0 Å². The van der Waals surface area contributed by atoms with Gasteiger partial charge in [0.1, 0.15) is 5.75 Å². The van der Waals surface area contributed by atoms with E-state index in [1.807, 2.05) is 14.1 Å². The minimum absolute atomic E-state index is 0.233. The minimum atomic E-state index is 0.233. The summed E-state index contributed by atoms with van der Waals surface area (Å²) in [5.41, 5.74) is 0.849. The summed E-state index contributed by atoms with van der Waals surface area (Å²) in [6.45, 7) is 0.887. The smallest absolute Gasteiger partial charge is 0.157 e. The molecule has 2 aromatic rings. The van der Waals surface area contributed by atoms with Gasteiger partial charge in [0, 0.05) is 13.0 Å². The van der Waals surface area contributed by atoms with Gasteiger partial charge in [-0.3, -0.25) is 0 Å². The van der Waals surface area contributed by atoms with Crippen LogP contribution in [-0.4, -0.2) is 50.9 Å². The van der Waals surface area contributed by atoms with Crippen molar-refractivity contribution in [3.8, 4) is 11.4 Å². The third kappa shape index (κ3) is 2.79.